The van der Waals surface area contributed by atoms with Crippen molar-refractivity contribution in [3.8, 4) is 11.5 Å². The molecule has 1 heterocycles. The quantitative estimate of drug-likeness (QED) is 0.688. The average molecular weight is 353 g/mol. The number of rotatable bonds is 6. The fraction of sp³-hybridized carbons (Fsp3) is 0.200. The number of pyridine rings is 1. The van der Waals surface area contributed by atoms with Gasteiger partial charge < -0.3 is 19.2 Å². The number of fused-ring (bicyclic) bond motifs is 1. The lowest BCUT2D eigenvalue weighted by molar-refractivity contribution is 0.0471. The first kappa shape index (κ1) is 17.5. The number of carbonyl (C=O) groups is 1. The molecule has 0 atom stereocenters. The molecule has 0 spiro atoms. The predicted molar refractivity (Wildman–Crippen MR) is 97.9 cm³/mol. The highest BCUT2D eigenvalue weighted by Gasteiger charge is 2.10. The van der Waals surface area contributed by atoms with E-state index in [0.717, 1.165) is 5.39 Å². The summed E-state index contributed by atoms with van der Waals surface area (Å²) in [6.45, 7) is 2.33. The average Bonchev–Trinajstić information content (AvgIpc) is 2.66. The highest BCUT2D eigenvalue weighted by Crippen LogP contribution is 2.19. The number of carbonyl (C=O) groups excluding carboxylic acids is 1. The van der Waals surface area contributed by atoms with Crippen LogP contribution in [0.3, 0.4) is 0 Å². The first-order valence-electron chi connectivity index (χ1n) is 8.20. The van der Waals surface area contributed by atoms with Crippen LogP contribution in [0.4, 0.5) is 0 Å². The smallest absolute Gasteiger partial charge is 0.338 e. The maximum atomic E-state index is 12.2. The van der Waals surface area contributed by atoms with Crippen molar-refractivity contribution in [2.75, 3.05) is 13.7 Å². The Labute approximate surface area is 150 Å². The van der Waals surface area contributed by atoms with Crippen LogP contribution < -0.4 is 15.0 Å². The number of hydrogen-bond donors (Lipinski definition) is 1. The van der Waals surface area contributed by atoms with Gasteiger partial charge in [-0.2, -0.15) is 0 Å². The van der Waals surface area contributed by atoms with Crippen LogP contribution in [0.5, 0.6) is 11.5 Å². The van der Waals surface area contributed by atoms with Crippen LogP contribution in [-0.2, 0) is 11.3 Å². The zero-order valence-electron chi connectivity index (χ0n) is 14.6. The molecule has 0 aliphatic heterocycles. The fourth-order valence-corrected chi connectivity index (χ4v) is 2.54. The summed E-state index contributed by atoms with van der Waals surface area (Å²) in [5.41, 5.74) is 1.16. The summed E-state index contributed by atoms with van der Waals surface area (Å²) in [4.78, 5) is 27.1. The normalized spacial score (nSPS) is 10.5. The molecule has 0 bridgehead atoms. The molecule has 3 aromatic rings. The highest BCUT2D eigenvalue weighted by molar-refractivity contribution is 5.89. The van der Waals surface area contributed by atoms with E-state index in [2.05, 4.69) is 4.98 Å². The van der Waals surface area contributed by atoms with Gasteiger partial charge in [-0.1, -0.05) is 0 Å². The second-order valence-corrected chi connectivity index (χ2v) is 5.61. The SMILES string of the molecule is CCOc1ccc(C(=O)OCc2cc3cc(OC)ccc3[nH]c2=O)cc1. The third-order valence-corrected chi connectivity index (χ3v) is 3.89. The largest absolute Gasteiger partial charge is 0.497 e. The van der Waals surface area contributed by atoms with Crippen molar-refractivity contribution in [1.82, 2.24) is 4.98 Å². The summed E-state index contributed by atoms with van der Waals surface area (Å²) in [5.74, 6) is 0.865. The van der Waals surface area contributed by atoms with Gasteiger partial charge in [-0.15, -0.1) is 0 Å². The van der Waals surface area contributed by atoms with Crippen LogP contribution in [0, 0.1) is 0 Å². The van der Waals surface area contributed by atoms with Crippen LogP contribution in [0.25, 0.3) is 10.9 Å². The van der Waals surface area contributed by atoms with Crippen LogP contribution >= 0.6 is 0 Å². The lowest BCUT2D eigenvalue weighted by Crippen LogP contribution is -2.15. The zero-order valence-corrected chi connectivity index (χ0v) is 14.6. The molecule has 6 nitrogen and oxygen atoms in total. The van der Waals surface area contributed by atoms with Crippen molar-refractivity contribution < 1.29 is 19.0 Å². The monoisotopic (exact) mass is 353 g/mol. The number of hydrogen-bond acceptors (Lipinski definition) is 5. The lowest BCUT2D eigenvalue weighted by atomic mass is 10.1. The van der Waals surface area contributed by atoms with Gasteiger partial charge in [0.05, 0.1) is 24.8 Å². The number of nitrogens with one attached hydrogen (secondary N) is 1. The Bertz CT molecular complexity index is 976. The summed E-state index contributed by atoms with van der Waals surface area (Å²) in [5, 5.41) is 0.802. The molecule has 0 saturated carbocycles. The van der Waals surface area contributed by atoms with Crippen molar-refractivity contribution in [3.63, 3.8) is 0 Å². The third-order valence-electron chi connectivity index (χ3n) is 3.89. The third kappa shape index (κ3) is 3.85. The van der Waals surface area contributed by atoms with Gasteiger partial charge in [0.15, 0.2) is 0 Å². The van der Waals surface area contributed by atoms with Gasteiger partial charge >= 0.3 is 5.97 Å². The molecule has 0 saturated heterocycles. The minimum atomic E-state index is -0.502. The summed E-state index contributed by atoms with van der Waals surface area (Å²) >= 11 is 0. The molecule has 1 N–H and O–H groups in total. The number of ether oxygens (including phenoxy) is 3. The number of benzene rings is 2. The van der Waals surface area contributed by atoms with Gasteiger partial charge in [0.2, 0.25) is 0 Å². The summed E-state index contributed by atoms with van der Waals surface area (Å²) in [6.07, 6.45) is 0. The second-order valence-electron chi connectivity index (χ2n) is 5.61. The van der Waals surface area contributed by atoms with E-state index < -0.39 is 5.97 Å². The van der Waals surface area contributed by atoms with E-state index in [1.54, 1.807) is 49.6 Å². The maximum absolute atomic E-state index is 12.2. The molecule has 0 aliphatic rings. The Kier molecular flexibility index (Phi) is 5.22. The lowest BCUT2D eigenvalue weighted by Gasteiger charge is -2.08. The van der Waals surface area contributed by atoms with Gasteiger partial charge in [-0.3, -0.25) is 4.79 Å². The Hall–Kier alpha value is -3.28. The molecular weight excluding hydrogens is 334 g/mol. The standard InChI is InChI=1S/C20H19NO5/c1-3-25-16-6-4-13(5-7-16)20(23)26-12-15-10-14-11-17(24-2)8-9-18(14)21-19(15)22/h4-11H,3,12H2,1-2H3,(H,21,22). The highest BCUT2D eigenvalue weighted by atomic mass is 16.5. The van der Waals surface area contributed by atoms with Crippen molar-refractivity contribution >= 4 is 16.9 Å². The second kappa shape index (κ2) is 7.74. The van der Waals surface area contributed by atoms with Crippen molar-refractivity contribution in [1.29, 1.82) is 0 Å². The van der Waals surface area contributed by atoms with E-state index in [0.29, 0.717) is 34.7 Å². The molecule has 0 aliphatic carbocycles. The van der Waals surface area contributed by atoms with Crippen molar-refractivity contribution in [3.05, 3.63) is 70.0 Å². The first-order valence-corrected chi connectivity index (χ1v) is 8.20. The van der Waals surface area contributed by atoms with Gasteiger partial charge in [0.1, 0.15) is 18.1 Å². The molecule has 134 valence electrons. The number of aromatic amines is 1. The minimum absolute atomic E-state index is 0.117. The molecule has 6 heteroatoms. The Morgan fingerprint density at radius 1 is 1.04 bits per heavy atom. The van der Waals surface area contributed by atoms with E-state index in [9.17, 15) is 9.59 Å². The Morgan fingerprint density at radius 2 is 1.77 bits per heavy atom. The van der Waals surface area contributed by atoms with Crippen LogP contribution in [0.1, 0.15) is 22.8 Å². The molecular formula is C20H19NO5. The molecule has 0 unspecified atom stereocenters. The van der Waals surface area contributed by atoms with Crippen LogP contribution in [0.15, 0.2) is 53.3 Å². The molecule has 26 heavy (non-hydrogen) atoms. The van der Waals surface area contributed by atoms with Crippen LogP contribution in [-0.4, -0.2) is 24.7 Å². The van der Waals surface area contributed by atoms with E-state index in [-0.39, 0.29) is 12.2 Å². The molecule has 0 fully saturated rings. The van der Waals surface area contributed by atoms with Crippen molar-refractivity contribution in [2.24, 2.45) is 0 Å². The van der Waals surface area contributed by atoms with Gasteiger partial charge in [-0.25, -0.2) is 4.79 Å². The van der Waals surface area contributed by atoms with Gasteiger partial charge in [0.25, 0.3) is 5.56 Å². The molecule has 0 radical (unpaired) electrons. The Morgan fingerprint density at radius 3 is 2.46 bits per heavy atom. The molecule has 1 aromatic heterocycles. The minimum Gasteiger partial charge on any atom is -0.497 e. The summed E-state index contributed by atoms with van der Waals surface area (Å²) in [7, 11) is 1.58. The molecule has 2 aromatic carbocycles. The van der Waals surface area contributed by atoms with E-state index in [1.165, 1.54) is 0 Å². The number of esters is 1. The van der Waals surface area contributed by atoms with Gasteiger partial charge in [-0.05, 0) is 55.5 Å². The van der Waals surface area contributed by atoms with Crippen molar-refractivity contribution in [2.45, 2.75) is 13.5 Å². The maximum Gasteiger partial charge on any atom is 0.338 e. The molecule has 3 rings (SSSR count). The zero-order chi connectivity index (χ0) is 18.5. The van der Waals surface area contributed by atoms with E-state index in [1.807, 2.05) is 13.0 Å². The number of H-pyrrole nitrogens is 1. The van der Waals surface area contributed by atoms with E-state index in [4.69, 9.17) is 14.2 Å². The molecule has 0 amide bonds. The van der Waals surface area contributed by atoms with E-state index >= 15 is 0 Å². The fourth-order valence-electron chi connectivity index (χ4n) is 2.54. The topological polar surface area (TPSA) is 77.6 Å². The summed E-state index contributed by atoms with van der Waals surface area (Å²) in [6, 6.07) is 13.7. The first-order chi connectivity index (χ1) is 12.6. The summed E-state index contributed by atoms with van der Waals surface area (Å²) < 4.78 is 15.8. The van der Waals surface area contributed by atoms with Crippen LogP contribution in [0.2, 0.25) is 0 Å². The predicted octanol–water partition coefficient (Wildman–Crippen LogP) is 3.29. The van der Waals surface area contributed by atoms with Gasteiger partial charge in [0, 0.05) is 10.9 Å². The number of aromatic nitrogens is 1. The Balaban J connectivity index is 1.74. The number of methoxy groups -OCH3 is 1.